The number of carbonyl (C=O) groups is 1. The number of non-ortho nitro benzene ring substituents is 1. The van der Waals surface area contributed by atoms with Crippen LogP contribution in [0.15, 0.2) is 58.3 Å². The molecule has 0 unspecified atom stereocenters. The third-order valence-corrected chi connectivity index (χ3v) is 4.23. The Hall–Kier alpha value is -4.28. The first kappa shape index (κ1) is 20.5. The third-order valence-electron chi connectivity index (χ3n) is 4.23. The van der Waals surface area contributed by atoms with Crippen LogP contribution in [-0.2, 0) is 6.54 Å². The van der Waals surface area contributed by atoms with Crippen LogP contribution in [0.4, 0.5) is 15.8 Å². The molecule has 3 aromatic rings. The van der Waals surface area contributed by atoms with Gasteiger partial charge in [0.25, 0.3) is 17.2 Å². The van der Waals surface area contributed by atoms with Crippen molar-refractivity contribution in [3.05, 3.63) is 96.6 Å². The molecule has 0 aliphatic rings. The standard InChI is InChI=1S/C19H15FN4O6/c1-30-16-7-6-12(24(28)29)8-15(16)22-17(25)13-9-21-19(27)23(18(13)26)10-11-4-2-3-5-14(11)20/h2-9H,10H2,1H3,(H,21,27)(H,22,25). The number of methoxy groups -OCH3 is 1. The number of halogens is 1. The van der Waals surface area contributed by atoms with Crippen LogP contribution in [0.3, 0.4) is 0 Å². The maximum absolute atomic E-state index is 13.9. The largest absolute Gasteiger partial charge is 0.495 e. The number of nitrogens with zero attached hydrogens (tertiary/aromatic N) is 2. The van der Waals surface area contributed by atoms with Crippen molar-refractivity contribution in [2.45, 2.75) is 6.54 Å². The zero-order chi connectivity index (χ0) is 21.8. The van der Waals surface area contributed by atoms with Crippen molar-refractivity contribution in [2.24, 2.45) is 0 Å². The van der Waals surface area contributed by atoms with E-state index in [4.69, 9.17) is 4.74 Å². The van der Waals surface area contributed by atoms with Gasteiger partial charge in [0.2, 0.25) is 0 Å². The van der Waals surface area contributed by atoms with E-state index >= 15 is 0 Å². The number of amides is 1. The fraction of sp³-hybridized carbons (Fsp3) is 0.105. The number of H-pyrrole nitrogens is 1. The van der Waals surface area contributed by atoms with Gasteiger partial charge in [0, 0.05) is 23.9 Å². The van der Waals surface area contributed by atoms with Crippen molar-refractivity contribution in [1.82, 2.24) is 9.55 Å². The molecule has 0 saturated heterocycles. The minimum Gasteiger partial charge on any atom is -0.495 e. The summed E-state index contributed by atoms with van der Waals surface area (Å²) >= 11 is 0. The molecule has 0 aliphatic heterocycles. The summed E-state index contributed by atoms with van der Waals surface area (Å²) in [6.07, 6.45) is 0.918. The SMILES string of the molecule is COc1ccc([N+](=O)[O-])cc1NC(=O)c1c[nH]c(=O)n(Cc2ccccc2F)c1=O. The highest BCUT2D eigenvalue weighted by Gasteiger charge is 2.19. The van der Waals surface area contributed by atoms with E-state index in [1.807, 2.05) is 0 Å². The molecule has 154 valence electrons. The van der Waals surface area contributed by atoms with Gasteiger partial charge >= 0.3 is 5.69 Å². The van der Waals surface area contributed by atoms with Crippen molar-refractivity contribution < 1.29 is 18.8 Å². The Bertz CT molecular complexity index is 1250. The third kappa shape index (κ3) is 4.09. The molecule has 0 fully saturated rings. The van der Waals surface area contributed by atoms with E-state index in [-0.39, 0.29) is 29.2 Å². The Balaban J connectivity index is 1.97. The highest BCUT2D eigenvalue weighted by Crippen LogP contribution is 2.29. The molecule has 0 bridgehead atoms. The lowest BCUT2D eigenvalue weighted by molar-refractivity contribution is -0.384. The van der Waals surface area contributed by atoms with Gasteiger partial charge in [-0.3, -0.25) is 24.3 Å². The van der Waals surface area contributed by atoms with E-state index < -0.39 is 33.5 Å². The summed E-state index contributed by atoms with van der Waals surface area (Å²) in [6, 6.07) is 9.14. The first-order valence-electron chi connectivity index (χ1n) is 8.51. The number of nitrogens with one attached hydrogen (secondary N) is 2. The van der Waals surface area contributed by atoms with Gasteiger partial charge in [0.1, 0.15) is 17.1 Å². The van der Waals surface area contributed by atoms with Crippen LogP contribution in [-0.4, -0.2) is 27.5 Å². The zero-order valence-corrected chi connectivity index (χ0v) is 15.5. The molecule has 0 aliphatic carbocycles. The van der Waals surface area contributed by atoms with Crippen LogP contribution >= 0.6 is 0 Å². The van der Waals surface area contributed by atoms with E-state index in [0.29, 0.717) is 4.57 Å². The second-order valence-corrected chi connectivity index (χ2v) is 6.09. The quantitative estimate of drug-likeness (QED) is 0.467. The van der Waals surface area contributed by atoms with E-state index in [2.05, 4.69) is 10.3 Å². The van der Waals surface area contributed by atoms with Gasteiger partial charge in [-0.25, -0.2) is 9.18 Å². The fourth-order valence-corrected chi connectivity index (χ4v) is 2.71. The van der Waals surface area contributed by atoms with Crippen LogP contribution in [0, 0.1) is 15.9 Å². The summed E-state index contributed by atoms with van der Waals surface area (Å²) in [7, 11) is 1.30. The lowest BCUT2D eigenvalue weighted by Crippen LogP contribution is -2.39. The van der Waals surface area contributed by atoms with Crippen molar-refractivity contribution in [3.8, 4) is 5.75 Å². The Morgan fingerprint density at radius 3 is 2.67 bits per heavy atom. The molecule has 1 amide bonds. The monoisotopic (exact) mass is 414 g/mol. The maximum atomic E-state index is 13.9. The van der Waals surface area contributed by atoms with Crippen molar-refractivity contribution >= 4 is 17.3 Å². The molecule has 30 heavy (non-hydrogen) atoms. The lowest BCUT2D eigenvalue weighted by atomic mass is 10.2. The van der Waals surface area contributed by atoms with Crippen molar-refractivity contribution in [3.63, 3.8) is 0 Å². The van der Waals surface area contributed by atoms with E-state index in [1.165, 1.54) is 37.4 Å². The molecule has 3 rings (SSSR count). The Labute approximate surface area is 167 Å². The first-order valence-corrected chi connectivity index (χ1v) is 8.51. The predicted octanol–water partition coefficient (Wildman–Crippen LogP) is 1.89. The molecule has 2 aromatic carbocycles. The van der Waals surface area contributed by atoms with Gasteiger partial charge in [-0.2, -0.15) is 0 Å². The normalized spacial score (nSPS) is 10.5. The summed E-state index contributed by atoms with van der Waals surface area (Å²) in [4.78, 5) is 50.0. The molecule has 0 atom stereocenters. The molecular formula is C19H15FN4O6. The summed E-state index contributed by atoms with van der Waals surface area (Å²) < 4.78 is 19.6. The van der Waals surface area contributed by atoms with Gasteiger partial charge in [0.15, 0.2) is 0 Å². The summed E-state index contributed by atoms with van der Waals surface area (Å²) in [5.41, 5.74) is -2.48. The molecule has 1 heterocycles. The first-order chi connectivity index (χ1) is 14.3. The molecule has 10 nitrogen and oxygen atoms in total. The molecular weight excluding hydrogens is 399 g/mol. The molecule has 1 aromatic heterocycles. The number of rotatable bonds is 6. The Morgan fingerprint density at radius 2 is 2.00 bits per heavy atom. The highest BCUT2D eigenvalue weighted by atomic mass is 19.1. The minimum absolute atomic E-state index is 0.0389. The number of nitro groups is 1. The summed E-state index contributed by atoms with van der Waals surface area (Å²) in [5.74, 6) is -1.41. The van der Waals surface area contributed by atoms with Crippen LogP contribution in [0.25, 0.3) is 0 Å². The average Bonchev–Trinajstić information content (AvgIpc) is 2.72. The van der Waals surface area contributed by atoms with Gasteiger partial charge in [0.05, 0.1) is 24.3 Å². The van der Waals surface area contributed by atoms with Crippen molar-refractivity contribution in [2.75, 3.05) is 12.4 Å². The number of anilines is 1. The van der Waals surface area contributed by atoms with Crippen molar-refractivity contribution in [1.29, 1.82) is 0 Å². The number of hydrogen-bond donors (Lipinski definition) is 2. The molecule has 0 saturated carbocycles. The van der Waals surface area contributed by atoms with E-state index in [9.17, 15) is 28.9 Å². The Kier molecular flexibility index (Phi) is 5.72. The highest BCUT2D eigenvalue weighted by molar-refractivity contribution is 6.04. The lowest BCUT2D eigenvalue weighted by Gasteiger charge is -2.11. The average molecular weight is 414 g/mol. The number of aromatic amines is 1. The maximum Gasteiger partial charge on any atom is 0.328 e. The predicted molar refractivity (Wildman–Crippen MR) is 104 cm³/mol. The summed E-state index contributed by atoms with van der Waals surface area (Å²) in [6.45, 7) is -0.387. The molecule has 0 spiro atoms. The second-order valence-electron chi connectivity index (χ2n) is 6.09. The number of aromatic nitrogens is 2. The van der Waals surface area contributed by atoms with Crippen LogP contribution < -0.4 is 21.3 Å². The van der Waals surface area contributed by atoms with Crippen LogP contribution in [0.1, 0.15) is 15.9 Å². The number of hydrogen-bond acceptors (Lipinski definition) is 6. The second kappa shape index (κ2) is 8.39. The van der Waals surface area contributed by atoms with Gasteiger partial charge in [-0.05, 0) is 12.1 Å². The number of carbonyl (C=O) groups excluding carboxylic acids is 1. The van der Waals surface area contributed by atoms with Crippen LogP contribution in [0.5, 0.6) is 5.75 Å². The molecule has 11 heteroatoms. The Morgan fingerprint density at radius 1 is 1.27 bits per heavy atom. The van der Waals surface area contributed by atoms with E-state index in [1.54, 1.807) is 6.07 Å². The molecule has 0 radical (unpaired) electrons. The molecule has 2 N–H and O–H groups in total. The summed E-state index contributed by atoms with van der Waals surface area (Å²) in [5, 5.41) is 13.3. The smallest absolute Gasteiger partial charge is 0.328 e. The van der Waals surface area contributed by atoms with Crippen LogP contribution in [0.2, 0.25) is 0 Å². The number of ether oxygens (including phenoxy) is 1. The zero-order valence-electron chi connectivity index (χ0n) is 15.5. The van der Waals surface area contributed by atoms with Gasteiger partial charge < -0.3 is 15.0 Å². The van der Waals surface area contributed by atoms with Gasteiger partial charge in [-0.1, -0.05) is 18.2 Å². The number of nitro benzene ring substituents is 1. The topological polar surface area (TPSA) is 136 Å². The number of benzene rings is 2. The minimum atomic E-state index is -0.955. The van der Waals surface area contributed by atoms with E-state index in [0.717, 1.165) is 12.3 Å². The van der Waals surface area contributed by atoms with Gasteiger partial charge in [-0.15, -0.1) is 0 Å². The fourth-order valence-electron chi connectivity index (χ4n) is 2.71.